The number of benzene rings is 2. The third-order valence-electron chi connectivity index (χ3n) is 5.59. The average molecular weight is 471 g/mol. The molecule has 0 saturated carbocycles. The van der Waals surface area contributed by atoms with Gasteiger partial charge in [-0.05, 0) is 42.3 Å². The average Bonchev–Trinajstić information content (AvgIpc) is 3.40. The molecule has 0 radical (unpaired) electrons. The van der Waals surface area contributed by atoms with E-state index >= 15 is 0 Å². The van der Waals surface area contributed by atoms with Crippen LogP contribution in [0.1, 0.15) is 34.2 Å². The summed E-state index contributed by atoms with van der Waals surface area (Å²) in [6, 6.07) is 11.4. The van der Waals surface area contributed by atoms with Crippen LogP contribution in [-0.2, 0) is 17.1 Å². The number of aryl methyl sites for hydroxylation is 1. The lowest BCUT2D eigenvalue weighted by molar-refractivity contribution is 0.0941. The number of hydrogen-bond acceptors (Lipinski definition) is 6. The van der Waals surface area contributed by atoms with Crippen LogP contribution in [0.15, 0.2) is 54.9 Å². The van der Waals surface area contributed by atoms with Gasteiger partial charge in [0.2, 0.25) is 10.0 Å². The molecular weight excluding hydrogens is 444 g/mol. The molecule has 1 aromatic heterocycles. The third kappa shape index (κ3) is 4.65. The summed E-state index contributed by atoms with van der Waals surface area (Å²) >= 11 is 0. The summed E-state index contributed by atoms with van der Waals surface area (Å²) in [4.78, 5) is 17.7. The van der Waals surface area contributed by atoms with Crippen LogP contribution in [0.4, 0.5) is 5.69 Å². The van der Waals surface area contributed by atoms with E-state index in [9.17, 15) is 13.2 Å². The molecule has 1 aliphatic heterocycles. The second kappa shape index (κ2) is 9.14. The number of nitrogens with zero attached hydrogens (tertiary/aromatic N) is 3. The van der Waals surface area contributed by atoms with Crippen molar-refractivity contribution in [1.82, 2.24) is 14.9 Å². The lowest BCUT2D eigenvalue weighted by atomic mass is 10.0. The van der Waals surface area contributed by atoms with Crippen molar-refractivity contribution in [3.63, 3.8) is 0 Å². The first-order valence-electron chi connectivity index (χ1n) is 10.4. The van der Waals surface area contributed by atoms with Gasteiger partial charge in [-0.3, -0.25) is 9.10 Å². The van der Waals surface area contributed by atoms with E-state index in [2.05, 4.69) is 10.3 Å². The van der Waals surface area contributed by atoms with Gasteiger partial charge in [0.1, 0.15) is 23.4 Å². The predicted molar refractivity (Wildman–Crippen MR) is 124 cm³/mol. The van der Waals surface area contributed by atoms with E-state index in [1.54, 1.807) is 56.9 Å². The summed E-state index contributed by atoms with van der Waals surface area (Å²) in [5.74, 6) is 1.54. The molecule has 0 bridgehead atoms. The molecule has 1 atom stereocenters. The first-order chi connectivity index (χ1) is 15.8. The van der Waals surface area contributed by atoms with Gasteiger partial charge in [-0.25, -0.2) is 13.4 Å². The summed E-state index contributed by atoms with van der Waals surface area (Å²) < 4.78 is 38.6. The predicted octanol–water partition coefficient (Wildman–Crippen LogP) is 2.50. The number of ether oxygens (including phenoxy) is 2. The number of carbonyl (C=O) groups excluding carboxylic acids is 1. The van der Waals surface area contributed by atoms with Crippen LogP contribution in [0.3, 0.4) is 0 Å². The van der Waals surface area contributed by atoms with Gasteiger partial charge in [-0.2, -0.15) is 0 Å². The maximum absolute atomic E-state index is 13.3. The molecule has 0 spiro atoms. The molecule has 1 aliphatic rings. The van der Waals surface area contributed by atoms with Crippen molar-refractivity contribution in [1.29, 1.82) is 0 Å². The van der Waals surface area contributed by atoms with Gasteiger partial charge in [0.25, 0.3) is 5.91 Å². The van der Waals surface area contributed by atoms with E-state index in [0.717, 1.165) is 5.56 Å². The topological polar surface area (TPSA) is 103 Å². The Morgan fingerprint density at radius 1 is 1.12 bits per heavy atom. The van der Waals surface area contributed by atoms with E-state index in [-0.39, 0.29) is 11.7 Å². The SMILES string of the molecule is COc1cc(OC)cc(C(NC(=O)c2cccc(N3CCCS3(=O)=O)c2)c2nccn2C)c1. The van der Waals surface area contributed by atoms with Crippen LogP contribution in [-0.4, -0.2) is 50.4 Å². The van der Waals surface area contributed by atoms with Gasteiger partial charge in [0.05, 0.1) is 25.7 Å². The molecule has 3 aromatic rings. The minimum absolute atomic E-state index is 0.113. The maximum Gasteiger partial charge on any atom is 0.252 e. The zero-order chi connectivity index (χ0) is 23.6. The lowest BCUT2D eigenvalue weighted by Gasteiger charge is -2.21. The molecule has 1 N–H and O–H groups in total. The molecule has 2 aromatic carbocycles. The molecule has 4 rings (SSSR count). The molecule has 1 saturated heterocycles. The van der Waals surface area contributed by atoms with E-state index < -0.39 is 16.1 Å². The molecule has 174 valence electrons. The van der Waals surface area contributed by atoms with E-state index in [1.165, 1.54) is 4.31 Å². The molecule has 33 heavy (non-hydrogen) atoms. The number of sulfonamides is 1. The molecule has 1 fully saturated rings. The second-order valence-corrected chi connectivity index (χ2v) is 9.75. The molecule has 2 heterocycles. The monoisotopic (exact) mass is 470 g/mol. The Hall–Kier alpha value is -3.53. The lowest BCUT2D eigenvalue weighted by Crippen LogP contribution is -2.31. The minimum atomic E-state index is -3.34. The molecule has 9 nitrogen and oxygen atoms in total. The second-order valence-electron chi connectivity index (χ2n) is 7.74. The Bertz CT molecular complexity index is 1250. The number of hydrogen-bond donors (Lipinski definition) is 1. The van der Waals surface area contributed by atoms with Crippen molar-refractivity contribution < 1.29 is 22.7 Å². The minimum Gasteiger partial charge on any atom is -0.497 e. The normalized spacial score (nSPS) is 15.8. The molecule has 1 amide bonds. The fourth-order valence-electron chi connectivity index (χ4n) is 3.89. The number of carbonyl (C=O) groups is 1. The Kier molecular flexibility index (Phi) is 6.28. The smallest absolute Gasteiger partial charge is 0.252 e. The summed E-state index contributed by atoms with van der Waals surface area (Å²) in [6.07, 6.45) is 4.02. The molecule has 1 unspecified atom stereocenters. The van der Waals surface area contributed by atoms with Crippen molar-refractivity contribution in [2.45, 2.75) is 12.5 Å². The van der Waals surface area contributed by atoms with Crippen LogP contribution in [0, 0.1) is 0 Å². The van der Waals surface area contributed by atoms with E-state index in [1.807, 2.05) is 23.7 Å². The zero-order valence-corrected chi connectivity index (χ0v) is 19.5. The maximum atomic E-state index is 13.3. The number of anilines is 1. The standard InChI is InChI=1S/C23H26N4O5S/c1-26-10-8-24-22(26)21(17-13-19(31-2)15-20(14-17)32-3)25-23(28)16-6-4-7-18(12-16)27-9-5-11-33(27,29)30/h4,6-8,10,12-15,21H,5,9,11H2,1-3H3,(H,25,28). The highest BCUT2D eigenvalue weighted by atomic mass is 32.2. The number of aromatic nitrogens is 2. The Morgan fingerprint density at radius 2 is 1.85 bits per heavy atom. The van der Waals surface area contributed by atoms with Crippen LogP contribution < -0.4 is 19.1 Å². The highest BCUT2D eigenvalue weighted by Gasteiger charge is 2.29. The third-order valence-corrected chi connectivity index (χ3v) is 7.46. The van der Waals surface area contributed by atoms with Gasteiger partial charge in [0.15, 0.2) is 0 Å². The van der Waals surface area contributed by atoms with Crippen LogP contribution in [0.25, 0.3) is 0 Å². The van der Waals surface area contributed by atoms with Crippen molar-refractivity contribution in [3.05, 3.63) is 71.8 Å². The van der Waals surface area contributed by atoms with E-state index in [0.29, 0.717) is 41.5 Å². The summed E-state index contributed by atoms with van der Waals surface area (Å²) in [5, 5.41) is 3.03. The highest BCUT2D eigenvalue weighted by Crippen LogP contribution is 2.30. The van der Waals surface area contributed by atoms with Gasteiger partial charge in [0, 0.05) is 37.6 Å². The summed E-state index contributed by atoms with van der Waals surface area (Å²) in [5.41, 5.74) is 1.56. The quantitative estimate of drug-likeness (QED) is 0.569. The highest BCUT2D eigenvalue weighted by molar-refractivity contribution is 7.93. The zero-order valence-electron chi connectivity index (χ0n) is 18.7. The Labute approximate surface area is 193 Å². The van der Waals surface area contributed by atoms with Gasteiger partial charge >= 0.3 is 0 Å². The molecular formula is C23H26N4O5S. The fraction of sp³-hybridized carbons (Fsp3) is 0.304. The van der Waals surface area contributed by atoms with Crippen molar-refractivity contribution in [3.8, 4) is 11.5 Å². The van der Waals surface area contributed by atoms with Gasteiger partial charge in [-0.1, -0.05) is 6.07 Å². The van der Waals surface area contributed by atoms with Crippen LogP contribution in [0.2, 0.25) is 0 Å². The molecule has 10 heteroatoms. The van der Waals surface area contributed by atoms with Crippen LogP contribution in [0.5, 0.6) is 11.5 Å². The summed E-state index contributed by atoms with van der Waals surface area (Å²) in [6.45, 7) is 0.410. The first-order valence-corrected chi connectivity index (χ1v) is 12.0. The number of methoxy groups -OCH3 is 2. The number of nitrogens with one attached hydrogen (secondary N) is 1. The summed E-state index contributed by atoms with van der Waals surface area (Å²) in [7, 11) is 1.62. The first kappa shape index (κ1) is 22.7. The van der Waals surface area contributed by atoms with E-state index in [4.69, 9.17) is 9.47 Å². The van der Waals surface area contributed by atoms with Crippen molar-refractivity contribution in [2.75, 3.05) is 30.8 Å². The van der Waals surface area contributed by atoms with Crippen molar-refractivity contribution >= 4 is 21.6 Å². The van der Waals surface area contributed by atoms with Crippen molar-refractivity contribution in [2.24, 2.45) is 7.05 Å². The van der Waals surface area contributed by atoms with Crippen LogP contribution >= 0.6 is 0 Å². The number of rotatable bonds is 7. The largest absolute Gasteiger partial charge is 0.497 e. The molecule has 0 aliphatic carbocycles. The number of imidazole rings is 1. The number of amides is 1. The fourth-order valence-corrected chi connectivity index (χ4v) is 5.45. The Balaban J connectivity index is 1.69. The Morgan fingerprint density at radius 3 is 2.42 bits per heavy atom. The van der Waals surface area contributed by atoms with Gasteiger partial charge in [-0.15, -0.1) is 0 Å². The van der Waals surface area contributed by atoms with Gasteiger partial charge < -0.3 is 19.4 Å².